The van der Waals surface area contributed by atoms with Crippen molar-refractivity contribution in [1.29, 1.82) is 0 Å². The van der Waals surface area contributed by atoms with Gasteiger partial charge in [-0.05, 0) is 36.4 Å². The van der Waals surface area contributed by atoms with Crippen LogP contribution in [0.3, 0.4) is 0 Å². The van der Waals surface area contributed by atoms with Gasteiger partial charge in [0.15, 0.2) is 11.6 Å². The number of hydrogen-bond acceptors (Lipinski definition) is 6. The Morgan fingerprint density at radius 1 is 0.759 bits per heavy atom. The van der Waals surface area contributed by atoms with E-state index in [4.69, 9.17) is 4.55 Å². The molecule has 146 valence electrons. The number of nitrogens with one attached hydrogen (secondary N) is 2. The Morgan fingerprint density at radius 3 is 1.79 bits per heavy atom. The monoisotopic (exact) mass is 408 g/mol. The largest absolute Gasteiger partial charge is 0.388 e. The van der Waals surface area contributed by atoms with E-state index in [-0.39, 0.29) is 27.6 Å². The standard InChI is InChI=1S/C21H16N2O5S/c1-22-16-10-11-17(23-12-6-8-13(9-7-12)29(26,27)28)19-18(16)20(24)14-4-2-3-5-15(14)21(19)25/h2-11,22-23H,1H3,(H,26,27,28). The van der Waals surface area contributed by atoms with Crippen LogP contribution >= 0.6 is 0 Å². The Kier molecular flexibility index (Phi) is 4.45. The lowest BCUT2D eigenvalue weighted by molar-refractivity contribution is 0.0980. The zero-order valence-electron chi connectivity index (χ0n) is 15.3. The van der Waals surface area contributed by atoms with Crippen molar-refractivity contribution in [3.05, 3.63) is 82.9 Å². The van der Waals surface area contributed by atoms with Gasteiger partial charge < -0.3 is 10.6 Å². The molecule has 0 aliphatic heterocycles. The molecule has 3 aromatic carbocycles. The molecule has 0 atom stereocenters. The normalized spacial score (nSPS) is 12.9. The summed E-state index contributed by atoms with van der Waals surface area (Å²) in [6.07, 6.45) is 0. The number of carbonyl (C=O) groups excluding carboxylic acids is 2. The average molecular weight is 408 g/mol. The van der Waals surface area contributed by atoms with Crippen molar-refractivity contribution in [3.8, 4) is 0 Å². The third-order valence-electron chi connectivity index (χ3n) is 4.78. The highest BCUT2D eigenvalue weighted by molar-refractivity contribution is 7.85. The van der Waals surface area contributed by atoms with E-state index in [9.17, 15) is 18.0 Å². The van der Waals surface area contributed by atoms with Crippen molar-refractivity contribution in [3.63, 3.8) is 0 Å². The Labute approximate surface area is 167 Å². The molecule has 1 aliphatic carbocycles. The maximum Gasteiger partial charge on any atom is 0.294 e. The minimum atomic E-state index is -4.30. The van der Waals surface area contributed by atoms with Gasteiger partial charge in [-0.3, -0.25) is 14.1 Å². The molecule has 1 aliphatic rings. The molecule has 7 nitrogen and oxygen atoms in total. The van der Waals surface area contributed by atoms with E-state index < -0.39 is 10.1 Å². The molecule has 0 heterocycles. The second kappa shape index (κ2) is 6.84. The molecule has 0 fully saturated rings. The second-order valence-electron chi connectivity index (χ2n) is 6.49. The van der Waals surface area contributed by atoms with E-state index in [1.807, 2.05) is 0 Å². The van der Waals surface area contributed by atoms with E-state index in [0.717, 1.165) is 0 Å². The molecule has 0 radical (unpaired) electrons. The van der Waals surface area contributed by atoms with Crippen molar-refractivity contribution in [2.75, 3.05) is 17.7 Å². The van der Waals surface area contributed by atoms with Gasteiger partial charge in [0.2, 0.25) is 0 Å². The molecule has 0 spiro atoms. The summed E-state index contributed by atoms with van der Waals surface area (Å²) in [6.45, 7) is 0. The number of ketones is 2. The molecule has 0 saturated heterocycles. The number of hydrogen-bond donors (Lipinski definition) is 3. The smallest absolute Gasteiger partial charge is 0.294 e. The Hall–Kier alpha value is -3.49. The maximum atomic E-state index is 13.2. The lowest BCUT2D eigenvalue weighted by Gasteiger charge is -2.23. The van der Waals surface area contributed by atoms with Crippen molar-refractivity contribution >= 4 is 38.7 Å². The van der Waals surface area contributed by atoms with Crippen LogP contribution in [0, 0.1) is 0 Å². The maximum absolute atomic E-state index is 13.2. The summed E-state index contributed by atoms with van der Waals surface area (Å²) in [5.41, 5.74) is 2.69. The van der Waals surface area contributed by atoms with Crippen LogP contribution in [-0.2, 0) is 10.1 Å². The van der Waals surface area contributed by atoms with Gasteiger partial charge >= 0.3 is 0 Å². The van der Waals surface area contributed by atoms with Gasteiger partial charge in [0.05, 0.1) is 21.7 Å². The Balaban J connectivity index is 1.83. The predicted molar refractivity (Wildman–Crippen MR) is 109 cm³/mol. The minimum Gasteiger partial charge on any atom is -0.388 e. The third-order valence-corrected chi connectivity index (χ3v) is 5.64. The summed E-state index contributed by atoms with van der Waals surface area (Å²) in [6, 6.07) is 15.5. The van der Waals surface area contributed by atoms with Gasteiger partial charge in [-0.2, -0.15) is 8.42 Å². The molecular formula is C21H16N2O5S. The summed E-state index contributed by atoms with van der Waals surface area (Å²) in [5, 5.41) is 6.02. The van der Waals surface area contributed by atoms with Crippen LogP contribution in [0.25, 0.3) is 0 Å². The van der Waals surface area contributed by atoms with E-state index in [2.05, 4.69) is 10.6 Å². The number of benzene rings is 3. The summed E-state index contributed by atoms with van der Waals surface area (Å²) in [7, 11) is -2.62. The van der Waals surface area contributed by atoms with Crippen LogP contribution in [0.5, 0.6) is 0 Å². The number of anilines is 3. The highest BCUT2D eigenvalue weighted by Crippen LogP contribution is 2.37. The lowest BCUT2D eigenvalue weighted by atomic mass is 9.82. The molecule has 0 saturated carbocycles. The Morgan fingerprint density at radius 2 is 1.28 bits per heavy atom. The molecule has 29 heavy (non-hydrogen) atoms. The van der Waals surface area contributed by atoms with Crippen LogP contribution in [-0.4, -0.2) is 31.6 Å². The topological polar surface area (TPSA) is 113 Å². The number of rotatable bonds is 4. The van der Waals surface area contributed by atoms with Crippen LogP contribution in [0.4, 0.5) is 17.1 Å². The summed E-state index contributed by atoms with van der Waals surface area (Å²) < 4.78 is 31.5. The van der Waals surface area contributed by atoms with E-state index in [0.29, 0.717) is 28.2 Å². The molecule has 8 heteroatoms. The van der Waals surface area contributed by atoms with Gasteiger partial charge in [-0.1, -0.05) is 24.3 Å². The zero-order valence-corrected chi connectivity index (χ0v) is 16.1. The molecule has 0 aromatic heterocycles. The molecule has 4 rings (SSSR count). The van der Waals surface area contributed by atoms with E-state index in [1.54, 1.807) is 43.4 Å². The van der Waals surface area contributed by atoms with Crippen LogP contribution in [0.2, 0.25) is 0 Å². The summed E-state index contributed by atoms with van der Waals surface area (Å²) >= 11 is 0. The summed E-state index contributed by atoms with van der Waals surface area (Å²) in [4.78, 5) is 26.0. The number of fused-ring (bicyclic) bond motifs is 2. The first-order valence-corrected chi connectivity index (χ1v) is 10.1. The zero-order chi connectivity index (χ0) is 20.8. The molecule has 3 N–H and O–H groups in total. The highest BCUT2D eigenvalue weighted by atomic mass is 32.2. The molecule has 0 amide bonds. The first-order valence-electron chi connectivity index (χ1n) is 8.69. The molecule has 3 aromatic rings. The van der Waals surface area contributed by atoms with Gasteiger partial charge in [0.1, 0.15) is 0 Å². The lowest BCUT2D eigenvalue weighted by Crippen LogP contribution is -2.23. The van der Waals surface area contributed by atoms with Gasteiger partial charge in [0.25, 0.3) is 10.1 Å². The fraction of sp³-hybridized carbons (Fsp3) is 0.0476. The quantitative estimate of drug-likeness (QED) is 0.443. The van der Waals surface area contributed by atoms with Gasteiger partial charge in [-0.15, -0.1) is 0 Å². The second-order valence-corrected chi connectivity index (χ2v) is 7.91. The van der Waals surface area contributed by atoms with Crippen molar-refractivity contribution in [2.24, 2.45) is 0 Å². The van der Waals surface area contributed by atoms with Crippen LogP contribution in [0.1, 0.15) is 31.8 Å². The van der Waals surface area contributed by atoms with E-state index >= 15 is 0 Å². The molecule has 0 bridgehead atoms. The van der Waals surface area contributed by atoms with E-state index in [1.165, 1.54) is 24.3 Å². The fourth-order valence-electron chi connectivity index (χ4n) is 3.40. The SMILES string of the molecule is CNc1ccc(Nc2ccc(S(=O)(=O)O)cc2)c2c1C(=O)c1ccccc1C2=O. The highest BCUT2D eigenvalue weighted by Gasteiger charge is 2.33. The first kappa shape index (κ1) is 18.9. The van der Waals surface area contributed by atoms with Crippen molar-refractivity contribution in [2.45, 2.75) is 4.90 Å². The fourth-order valence-corrected chi connectivity index (χ4v) is 3.88. The van der Waals surface area contributed by atoms with Gasteiger partial charge in [-0.25, -0.2) is 0 Å². The third kappa shape index (κ3) is 3.18. The Bertz CT molecular complexity index is 1260. The average Bonchev–Trinajstić information content (AvgIpc) is 2.71. The molecular weight excluding hydrogens is 392 g/mol. The van der Waals surface area contributed by atoms with Gasteiger partial charge in [0, 0.05) is 29.5 Å². The number of carbonyl (C=O) groups is 2. The first-order chi connectivity index (χ1) is 13.8. The minimum absolute atomic E-state index is 0.240. The summed E-state index contributed by atoms with van der Waals surface area (Å²) in [5.74, 6) is -0.519. The predicted octanol–water partition coefficient (Wildman–Crippen LogP) is 3.49. The van der Waals surface area contributed by atoms with Crippen molar-refractivity contribution in [1.82, 2.24) is 0 Å². The van der Waals surface area contributed by atoms with Crippen molar-refractivity contribution < 1.29 is 22.6 Å². The molecule has 0 unspecified atom stereocenters. The van der Waals surface area contributed by atoms with Crippen LogP contribution in [0.15, 0.2) is 65.6 Å². The van der Waals surface area contributed by atoms with Crippen LogP contribution < -0.4 is 10.6 Å².